The molecule has 1 aromatic carbocycles. The van der Waals surface area contributed by atoms with Gasteiger partial charge in [-0.2, -0.15) is 4.98 Å². The van der Waals surface area contributed by atoms with Crippen molar-refractivity contribution in [3.05, 3.63) is 32.8 Å². The van der Waals surface area contributed by atoms with Crippen LogP contribution in [0.25, 0.3) is 0 Å². The summed E-state index contributed by atoms with van der Waals surface area (Å²) in [5.41, 5.74) is 7.26. The fourth-order valence-corrected chi connectivity index (χ4v) is 2.83. The van der Waals surface area contributed by atoms with Crippen molar-refractivity contribution in [2.75, 3.05) is 18.2 Å². The molecule has 5 nitrogen and oxygen atoms in total. The first kappa shape index (κ1) is 14.1. The lowest BCUT2D eigenvalue weighted by atomic mass is 10.3. The van der Waals surface area contributed by atoms with Gasteiger partial charge in [0.1, 0.15) is 11.6 Å². The summed E-state index contributed by atoms with van der Waals surface area (Å²) in [5, 5.41) is 3.18. The molecule has 0 unspecified atom stereocenters. The quantitative estimate of drug-likeness (QED) is 0.840. The fraction of sp³-hybridized carbons (Fsp3) is 0.167. The molecule has 0 fully saturated rings. The van der Waals surface area contributed by atoms with E-state index < -0.39 is 0 Å². The number of anilines is 3. The van der Waals surface area contributed by atoms with E-state index in [1.807, 2.05) is 25.1 Å². The molecule has 0 saturated carbocycles. The molecule has 0 aliphatic heterocycles. The van der Waals surface area contributed by atoms with Crippen molar-refractivity contribution in [3.8, 4) is 5.75 Å². The Morgan fingerprint density at radius 3 is 2.53 bits per heavy atom. The molecule has 19 heavy (non-hydrogen) atoms. The maximum atomic E-state index is 5.63. The highest BCUT2D eigenvalue weighted by molar-refractivity contribution is 9.11. The second kappa shape index (κ2) is 5.75. The van der Waals surface area contributed by atoms with Gasteiger partial charge in [-0.1, -0.05) is 0 Å². The molecular formula is C12H12Br2N4O. The van der Waals surface area contributed by atoms with Gasteiger partial charge in [0.15, 0.2) is 0 Å². The first-order valence-electron chi connectivity index (χ1n) is 5.41. The minimum Gasteiger partial charge on any atom is -0.495 e. The minimum atomic E-state index is 0.239. The van der Waals surface area contributed by atoms with Crippen LogP contribution in [-0.4, -0.2) is 17.1 Å². The largest absolute Gasteiger partial charge is 0.495 e. The maximum Gasteiger partial charge on any atom is 0.222 e. The third-order valence-corrected chi connectivity index (χ3v) is 3.65. The van der Waals surface area contributed by atoms with E-state index in [0.717, 1.165) is 26.1 Å². The standard InChI is InChI=1S/C12H12Br2N4O/c1-6-3-11(18-12(15)16-6)17-9-5-10(19-2)8(14)4-7(9)13/h3-5H,1-2H3,(H3,15,16,17,18). The van der Waals surface area contributed by atoms with Crippen molar-refractivity contribution < 1.29 is 4.74 Å². The molecule has 7 heteroatoms. The highest BCUT2D eigenvalue weighted by Crippen LogP contribution is 2.35. The van der Waals surface area contributed by atoms with Crippen LogP contribution in [0.4, 0.5) is 17.5 Å². The van der Waals surface area contributed by atoms with E-state index in [1.165, 1.54) is 0 Å². The summed E-state index contributed by atoms with van der Waals surface area (Å²) in [6, 6.07) is 5.58. The predicted molar refractivity (Wildman–Crippen MR) is 82.9 cm³/mol. The highest BCUT2D eigenvalue weighted by atomic mass is 79.9. The summed E-state index contributed by atoms with van der Waals surface area (Å²) in [6.45, 7) is 1.86. The van der Waals surface area contributed by atoms with Gasteiger partial charge in [-0.15, -0.1) is 0 Å². The number of hydrogen-bond donors (Lipinski definition) is 2. The summed E-state index contributed by atoms with van der Waals surface area (Å²) >= 11 is 6.90. The average molecular weight is 388 g/mol. The topological polar surface area (TPSA) is 73.1 Å². The minimum absolute atomic E-state index is 0.239. The molecule has 0 aliphatic carbocycles. The lowest BCUT2D eigenvalue weighted by Gasteiger charge is -2.12. The van der Waals surface area contributed by atoms with E-state index in [0.29, 0.717) is 5.82 Å². The van der Waals surface area contributed by atoms with Gasteiger partial charge < -0.3 is 15.8 Å². The molecule has 0 amide bonds. The number of methoxy groups -OCH3 is 1. The average Bonchev–Trinajstić information content (AvgIpc) is 2.31. The zero-order valence-electron chi connectivity index (χ0n) is 10.4. The number of halogens is 2. The maximum absolute atomic E-state index is 5.63. The summed E-state index contributed by atoms with van der Waals surface area (Å²) in [4.78, 5) is 8.16. The molecular weight excluding hydrogens is 376 g/mol. The van der Waals surface area contributed by atoms with E-state index in [2.05, 4.69) is 47.1 Å². The Morgan fingerprint density at radius 1 is 1.16 bits per heavy atom. The normalized spacial score (nSPS) is 10.3. The molecule has 0 radical (unpaired) electrons. The Morgan fingerprint density at radius 2 is 1.89 bits per heavy atom. The molecule has 0 bridgehead atoms. The Bertz CT molecular complexity index is 599. The molecule has 0 aliphatic rings. The van der Waals surface area contributed by atoms with E-state index in [9.17, 15) is 0 Å². The van der Waals surface area contributed by atoms with Gasteiger partial charge in [-0.05, 0) is 44.8 Å². The molecule has 0 saturated heterocycles. The van der Waals surface area contributed by atoms with Crippen LogP contribution in [0, 0.1) is 6.92 Å². The molecule has 2 rings (SSSR count). The number of nitrogens with two attached hydrogens (primary N) is 1. The molecule has 0 spiro atoms. The number of nitrogens with one attached hydrogen (secondary N) is 1. The fourth-order valence-electron chi connectivity index (χ4n) is 1.57. The number of ether oxygens (including phenoxy) is 1. The molecule has 3 N–H and O–H groups in total. The number of nitrogens with zero attached hydrogens (tertiary/aromatic N) is 2. The van der Waals surface area contributed by atoms with Crippen LogP contribution >= 0.6 is 31.9 Å². The second-order valence-electron chi connectivity index (χ2n) is 3.84. The monoisotopic (exact) mass is 386 g/mol. The summed E-state index contributed by atoms with van der Waals surface area (Å²) in [7, 11) is 1.62. The smallest absolute Gasteiger partial charge is 0.222 e. The number of nitrogen functional groups attached to an aromatic ring is 1. The van der Waals surface area contributed by atoms with Gasteiger partial charge in [-0.25, -0.2) is 4.98 Å². The van der Waals surface area contributed by atoms with Gasteiger partial charge >= 0.3 is 0 Å². The van der Waals surface area contributed by atoms with Gasteiger partial charge in [0.05, 0.1) is 17.3 Å². The zero-order chi connectivity index (χ0) is 14.0. The SMILES string of the molecule is COc1cc(Nc2cc(C)nc(N)n2)c(Br)cc1Br. The van der Waals surface area contributed by atoms with Gasteiger partial charge in [-0.3, -0.25) is 0 Å². The van der Waals surface area contributed by atoms with Gasteiger partial charge in [0, 0.05) is 22.3 Å². The Balaban J connectivity index is 2.37. The highest BCUT2D eigenvalue weighted by Gasteiger charge is 2.08. The molecule has 100 valence electrons. The van der Waals surface area contributed by atoms with E-state index in [-0.39, 0.29) is 5.95 Å². The van der Waals surface area contributed by atoms with Crippen LogP contribution in [0.15, 0.2) is 27.1 Å². The number of rotatable bonds is 3. The van der Waals surface area contributed by atoms with Crippen molar-refractivity contribution in [1.29, 1.82) is 0 Å². The van der Waals surface area contributed by atoms with E-state index >= 15 is 0 Å². The van der Waals surface area contributed by atoms with Gasteiger partial charge in [0.2, 0.25) is 5.95 Å². The lowest BCUT2D eigenvalue weighted by Crippen LogP contribution is -2.02. The summed E-state index contributed by atoms with van der Waals surface area (Å²) < 4.78 is 7.01. The van der Waals surface area contributed by atoms with E-state index in [4.69, 9.17) is 10.5 Å². The van der Waals surface area contributed by atoms with Crippen LogP contribution in [0.3, 0.4) is 0 Å². The lowest BCUT2D eigenvalue weighted by molar-refractivity contribution is 0.412. The van der Waals surface area contributed by atoms with Crippen LogP contribution in [0.5, 0.6) is 5.75 Å². The van der Waals surface area contributed by atoms with Crippen LogP contribution in [0.1, 0.15) is 5.69 Å². The predicted octanol–water partition coefficient (Wildman–Crippen LogP) is 3.64. The van der Waals surface area contributed by atoms with Gasteiger partial charge in [0.25, 0.3) is 0 Å². The molecule has 1 aromatic heterocycles. The Kier molecular flexibility index (Phi) is 4.26. The number of aromatic nitrogens is 2. The van der Waals surface area contributed by atoms with Crippen LogP contribution in [-0.2, 0) is 0 Å². The summed E-state index contributed by atoms with van der Waals surface area (Å²) in [6.07, 6.45) is 0. The first-order valence-corrected chi connectivity index (χ1v) is 6.99. The van der Waals surface area contributed by atoms with Crippen molar-refractivity contribution in [1.82, 2.24) is 9.97 Å². The third kappa shape index (κ3) is 3.36. The first-order chi connectivity index (χ1) is 8.99. The third-order valence-electron chi connectivity index (χ3n) is 2.38. The van der Waals surface area contributed by atoms with Crippen molar-refractivity contribution >= 4 is 49.3 Å². The molecule has 1 heterocycles. The molecule has 0 atom stereocenters. The Hall–Kier alpha value is -1.34. The van der Waals surface area contributed by atoms with E-state index in [1.54, 1.807) is 7.11 Å². The second-order valence-corrected chi connectivity index (χ2v) is 5.55. The number of aryl methyl sites for hydroxylation is 1. The number of hydrogen-bond acceptors (Lipinski definition) is 5. The van der Waals surface area contributed by atoms with Crippen molar-refractivity contribution in [2.24, 2.45) is 0 Å². The van der Waals surface area contributed by atoms with Crippen LogP contribution in [0.2, 0.25) is 0 Å². The van der Waals surface area contributed by atoms with Crippen molar-refractivity contribution in [2.45, 2.75) is 6.92 Å². The van der Waals surface area contributed by atoms with Crippen LogP contribution < -0.4 is 15.8 Å². The Labute approximate surface area is 127 Å². The molecule has 2 aromatic rings. The van der Waals surface area contributed by atoms with Crippen molar-refractivity contribution in [3.63, 3.8) is 0 Å². The summed E-state index contributed by atoms with van der Waals surface area (Å²) in [5.74, 6) is 1.60. The zero-order valence-corrected chi connectivity index (χ0v) is 13.5. The number of benzene rings is 1.